The lowest BCUT2D eigenvalue weighted by Crippen LogP contribution is -2.53. The summed E-state index contributed by atoms with van der Waals surface area (Å²) in [7, 11) is 0. The monoisotopic (exact) mass is 394 g/mol. The Bertz CT molecular complexity index is 927. The van der Waals surface area contributed by atoms with E-state index in [1.54, 1.807) is 12.1 Å². The van der Waals surface area contributed by atoms with Crippen molar-refractivity contribution < 1.29 is 14.0 Å². The van der Waals surface area contributed by atoms with Gasteiger partial charge in [0.25, 0.3) is 0 Å². The summed E-state index contributed by atoms with van der Waals surface area (Å²) in [5, 5.41) is 0. The molecule has 1 saturated carbocycles. The summed E-state index contributed by atoms with van der Waals surface area (Å²) in [5.41, 5.74) is 7.42. The third kappa shape index (κ3) is 3.91. The van der Waals surface area contributed by atoms with Crippen molar-refractivity contribution in [2.24, 2.45) is 23.0 Å². The standard InChI is InChI=1S/C24H27FN2O2/c1-16-13-20(16)22(28)27-12-4-11-24(15-27,23(26)29)14-17-7-9-18(10-8-17)19-5-2-3-6-21(19)25/h2-3,5-10,16,20H,4,11-15H2,1H3,(H2,26,29)/t16-,20+,24-/m1/s1. The Balaban J connectivity index is 1.53. The molecule has 2 amide bonds. The summed E-state index contributed by atoms with van der Waals surface area (Å²) >= 11 is 0. The van der Waals surface area contributed by atoms with Gasteiger partial charge >= 0.3 is 0 Å². The minimum Gasteiger partial charge on any atom is -0.369 e. The van der Waals surface area contributed by atoms with Gasteiger partial charge in [-0.25, -0.2) is 4.39 Å². The first-order valence-corrected chi connectivity index (χ1v) is 10.3. The molecule has 1 aliphatic heterocycles. The molecule has 4 nitrogen and oxygen atoms in total. The van der Waals surface area contributed by atoms with E-state index in [1.165, 1.54) is 6.07 Å². The van der Waals surface area contributed by atoms with Crippen molar-refractivity contribution in [3.05, 3.63) is 59.9 Å². The number of carbonyl (C=O) groups is 2. The predicted octanol–water partition coefficient (Wildman–Crippen LogP) is 3.79. The second kappa shape index (κ2) is 7.62. The number of likely N-dealkylation sites (tertiary alicyclic amines) is 1. The lowest BCUT2D eigenvalue weighted by atomic mass is 9.74. The zero-order valence-electron chi connectivity index (χ0n) is 16.7. The quantitative estimate of drug-likeness (QED) is 0.839. The Labute approximate surface area is 170 Å². The third-order valence-corrected chi connectivity index (χ3v) is 6.52. The first-order chi connectivity index (χ1) is 13.9. The number of amides is 2. The number of halogens is 1. The van der Waals surface area contributed by atoms with E-state index in [4.69, 9.17) is 5.73 Å². The van der Waals surface area contributed by atoms with Crippen LogP contribution in [0, 0.1) is 23.1 Å². The number of piperidine rings is 1. The number of rotatable bonds is 5. The maximum atomic E-state index is 14.0. The maximum Gasteiger partial charge on any atom is 0.225 e. The van der Waals surface area contributed by atoms with Crippen LogP contribution in [-0.4, -0.2) is 29.8 Å². The van der Waals surface area contributed by atoms with Gasteiger partial charge in [-0.15, -0.1) is 0 Å². The van der Waals surface area contributed by atoms with E-state index in [2.05, 4.69) is 6.92 Å². The molecule has 2 fully saturated rings. The first-order valence-electron chi connectivity index (χ1n) is 10.3. The lowest BCUT2D eigenvalue weighted by molar-refractivity contribution is -0.141. The summed E-state index contributed by atoms with van der Waals surface area (Å²) < 4.78 is 14.0. The topological polar surface area (TPSA) is 63.4 Å². The van der Waals surface area contributed by atoms with Crippen molar-refractivity contribution in [1.82, 2.24) is 4.90 Å². The summed E-state index contributed by atoms with van der Waals surface area (Å²) in [6.45, 7) is 3.17. The highest BCUT2D eigenvalue weighted by Crippen LogP contribution is 2.42. The van der Waals surface area contributed by atoms with Crippen LogP contribution in [-0.2, 0) is 16.0 Å². The fourth-order valence-corrected chi connectivity index (χ4v) is 4.54. The molecular weight excluding hydrogens is 367 g/mol. The summed E-state index contributed by atoms with van der Waals surface area (Å²) in [5.74, 6) is 0.108. The number of nitrogens with two attached hydrogens (primary N) is 1. The van der Waals surface area contributed by atoms with E-state index in [0.717, 1.165) is 24.0 Å². The van der Waals surface area contributed by atoms with Crippen LogP contribution >= 0.6 is 0 Å². The van der Waals surface area contributed by atoms with E-state index < -0.39 is 5.41 Å². The third-order valence-electron chi connectivity index (χ3n) is 6.52. The smallest absolute Gasteiger partial charge is 0.225 e. The van der Waals surface area contributed by atoms with Crippen LogP contribution in [0.2, 0.25) is 0 Å². The highest BCUT2D eigenvalue weighted by molar-refractivity contribution is 5.85. The van der Waals surface area contributed by atoms with E-state index in [9.17, 15) is 14.0 Å². The number of carbonyl (C=O) groups excluding carboxylic acids is 2. The number of hydrogen-bond acceptors (Lipinski definition) is 2. The van der Waals surface area contributed by atoms with Crippen molar-refractivity contribution >= 4 is 11.8 Å². The van der Waals surface area contributed by atoms with E-state index in [-0.39, 0.29) is 23.5 Å². The Morgan fingerprint density at radius 1 is 1.17 bits per heavy atom. The van der Waals surface area contributed by atoms with Gasteiger partial charge in [0.05, 0.1) is 5.41 Å². The molecule has 5 heteroatoms. The molecule has 1 aliphatic carbocycles. The Hall–Kier alpha value is -2.69. The molecule has 0 aromatic heterocycles. The van der Waals surface area contributed by atoms with E-state index >= 15 is 0 Å². The second-order valence-electron chi connectivity index (χ2n) is 8.68. The molecule has 0 spiro atoms. The van der Waals surface area contributed by atoms with Crippen LogP contribution < -0.4 is 5.73 Å². The van der Waals surface area contributed by atoms with Gasteiger partial charge in [-0.3, -0.25) is 9.59 Å². The molecule has 0 bridgehead atoms. The van der Waals surface area contributed by atoms with Crippen molar-refractivity contribution in [1.29, 1.82) is 0 Å². The summed E-state index contributed by atoms with van der Waals surface area (Å²) in [4.78, 5) is 27.0. The molecule has 1 saturated heterocycles. The number of nitrogens with zero attached hydrogens (tertiary/aromatic N) is 1. The zero-order valence-corrected chi connectivity index (χ0v) is 16.7. The van der Waals surface area contributed by atoms with Gasteiger partial charge in [-0.05, 0) is 48.8 Å². The molecule has 0 unspecified atom stereocenters. The van der Waals surface area contributed by atoms with Gasteiger partial charge in [-0.1, -0.05) is 49.4 Å². The van der Waals surface area contributed by atoms with Crippen molar-refractivity contribution in [2.75, 3.05) is 13.1 Å². The highest BCUT2D eigenvalue weighted by atomic mass is 19.1. The van der Waals surface area contributed by atoms with Gasteiger partial charge in [0.2, 0.25) is 11.8 Å². The van der Waals surface area contributed by atoms with Crippen molar-refractivity contribution in [2.45, 2.75) is 32.6 Å². The Morgan fingerprint density at radius 2 is 1.86 bits per heavy atom. The van der Waals surface area contributed by atoms with Crippen LogP contribution in [0.15, 0.2) is 48.5 Å². The van der Waals surface area contributed by atoms with Crippen molar-refractivity contribution in [3.8, 4) is 11.1 Å². The highest BCUT2D eigenvalue weighted by Gasteiger charge is 2.47. The van der Waals surface area contributed by atoms with E-state index in [0.29, 0.717) is 37.4 Å². The molecule has 29 heavy (non-hydrogen) atoms. The number of benzene rings is 2. The van der Waals surface area contributed by atoms with Crippen molar-refractivity contribution in [3.63, 3.8) is 0 Å². The normalized spacial score (nSPS) is 26.2. The SMILES string of the molecule is C[C@@H]1C[C@@H]1C(=O)N1CCC[C@](Cc2ccc(-c3ccccc3F)cc2)(C(N)=O)C1. The number of primary amides is 1. The molecule has 0 radical (unpaired) electrons. The molecule has 152 valence electrons. The van der Waals surface area contributed by atoms with E-state index in [1.807, 2.05) is 35.2 Å². The van der Waals surface area contributed by atoms with Gasteiger partial charge in [0, 0.05) is 24.6 Å². The van der Waals surface area contributed by atoms with Crippen LogP contribution in [0.25, 0.3) is 11.1 Å². The van der Waals surface area contributed by atoms with Gasteiger partial charge in [-0.2, -0.15) is 0 Å². The predicted molar refractivity (Wildman–Crippen MR) is 110 cm³/mol. The average molecular weight is 394 g/mol. The van der Waals surface area contributed by atoms with Crippen LogP contribution in [0.1, 0.15) is 31.7 Å². The summed E-state index contributed by atoms with van der Waals surface area (Å²) in [6.07, 6.45) is 2.89. The van der Waals surface area contributed by atoms with Crippen LogP contribution in [0.5, 0.6) is 0 Å². The van der Waals surface area contributed by atoms with Gasteiger partial charge < -0.3 is 10.6 Å². The molecule has 2 aliphatic rings. The fourth-order valence-electron chi connectivity index (χ4n) is 4.54. The fraction of sp³-hybridized carbons (Fsp3) is 0.417. The number of hydrogen-bond donors (Lipinski definition) is 1. The Morgan fingerprint density at radius 3 is 2.48 bits per heavy atom. The maximum absolute atomic E-state index is 14.0. The molecular formula is C24H27FN2O2. The molecule has 3 atom stereocenters. The van der Waals surface area contributed by atoms with Crippen LogP contribution in [0.3, 0.4) is 0 Å². The summed E-state index contributed by atoms with van der Waals surface area (Å²) in [6, 6.07) is 14.3. The molecule has 2 aromatic rings. The zero-order chi connectivity index (χ0) is 20.6. The molecule has 4 rings (SSSR count). The molecule has 2 aromatic carbocycles. The van der Waals surface area contributed by atoms with Gasteiger partial charge in [0.15, 0.2) is 0 Å². The largest absolute Gasteiger partial charge is 0.369 e. The lowest BCUT2D eigenvalue weighted by Gasteiger charge is -2.41. The second-order valence-corrected chi connectivity index (χ2v) is 8.68. The minimum atomic E-state index is -0.744. The van der Waals surface area contributed by atoms with Gasteiger partial charge in [0.1, 0.15) is 5.82 Å². The molecule has 2 N–H and O–H groups in total. The minimum absolute atomic E-state index is 0.110. The van der Waals surface area contributed by atoms with Crippen LogP contribution in [0.4, 0.5) is 4.39 Å². The first kappa shape index (κ1) is 19.6. The average Bonchev–Trinajstić information content (AvgIpc) is 3.45. The Kier molecular flexibility index (Phi) is 5.15. The molecule has 1 heterocycles.